The lowest BCUT2D eigenvalue weighted by Gasteiger charge is -2.03. The second-order valence-corrected chi connectivity index (χ2v) is 4.95. The molecule has 0 saturated heterocycles. The van der Waals surface area contributed by atoms with Gasteiger partial charge in [-0.15, -0.1) is 11.6 Å². The Hall–Kier alpha value is -1.95. The van der Waals surface area contributed by atoms with Crippen LogP contribution in [0.4, 0.5) is 10.1 Å². The lowest BCUT2D eigenvalue weighted by atomic mass is 10.2. The average molecular weight is 298 g/mol. The van der Waals surface area contributed by atoms with E-state index in [0.29, 0.717) is 5.56 Å². The van der Waals surface area contributed by atoms with Crippen LogP contribution in [0.1, 0.15) is 29.8 Å². The summed E-state index contributed by atoms with van der Waals surface area (Å²) < 4.78 is 14.9. The monoisotopic (exact) mass is 297 g/mol. The molecule has 0 saturated carbocycles. The van der Waals surface area contributed by atoms with Gasteiger partial charge in [0, 0.05) is 17.8 Å². The van der Waals surface area contributed by atoms with Crippen LogP contribution in [-0.4, -0.2) is 14.7 Å². The number of benzene rings is 1. The molecule has 0 radical (unpaired) electrons. The van der Waals surface area contributed by atoms with Crippen molar-refractivity contribution in [1.29, 1.82) is 0 Å². The molecule has 0 bridgehead atoms. The van der Waals surface area contributed by atoms with Gasteiger partial charge >= 0.3 is 0 Å². The maximum absolute atomic E-state index is 13.3. The van der Waals surface area contributed by atoms with Crippen LogP contribution < -0.4 is 0 Å². The molecule has 106 valence electrons. The second kappa shape index (κ2) is 6.00. The first-order valence-electron chi connectivity index (χ1n) is 6.10. The van der Waals surface area contributed by atoms with Crippen molar-refractivity contribution in [3.63, 3.8) is 0 Å². The van der Waals surface area contributed by atoms with Crippen LogP contribution >= 0.6 is 11.6 Å². The standard InChI is InChI=1S/C13H13ClFN3O2/c1-2-13(14)10-6-16-17(8-10)7-9-3-11(15)5-12(4-9)18(19)20/h3-6,8,13H,2,7H2,1H3. The molecular weight excluding hydrogens is 285 g/mol. The smallest absolute Gasteiger partial charge is 0.268 e. The zero-order valence-electron chi connectivity index (χ0n) is 10.8. The minimum atomic E-state index is -0.634. The summed E-state index contributed by atoms with van der Waals surface area (Å²) in [7, 11) is 0. The Morgan fingerprint density at radius 3 is 2.90 bits per heavy atom. The Morgan fingerprint density at radius 1 is 1.50 bits per heavy atom. The highest BCUT2D eigenvalue weighted by Crippen LogP contribution is 2.23. The molecular formula is C13H13ClFN3O2. The molecule has 1 unspecified atom stereocenters. The highest BCUT2D eigenvalue weighted by atomic mass is 35.5. The van der Waals surface area contributed by atoms with Crippen molar-refractivity contribution in [2.75, 3.05) is 0 Å². The van der Waals surface area contributed by atoms with Gasteiger partial charge < -0.3 is 0 Å². The summed E-state index contributed by atoms with van der Waals surface area (Å²) in [6.45, 7) is 2.22. The van der Waals surface area contributed by atoms with Crippen LogP contribution in [0.3, 0.4) is 0 Å². The van der Waals surface area contributed by atoms with Crippen LogP contribution in [0.2, 0.25) is 0 Å². The highest BCUT2D eigenvalue weighted by Gasteiger charge is 2.12. The van der Waals surface area contributed by atoms with E-state index in [4.69, 9.17) is 11.6 Å². The number of nitrogens with zero attached hydrogens (tertiary/aromatic N) is 3. The minimum absolute atomic E-state index is 0.120. The van der Waals surface area contributed by atoms with E-state index in [-0.39, 0.29) is 17.6 Å². The molecule has 0 aliphatic carbocycles. The fraction of sp³-hybridized carbons (Fsp3) is 0.308. The first kappa shape index (κ1) is 14.5. The Balaban J connectivity index is 2.21. The minimum Gasteiger partial charge on any atom is -0.268 e. The number of nitro benzene ring substituents is 1. The van der Waals surface area contributed by atoms with E-state index in [9.17, 15) is 14.5 Å². The van der Waals surface area contributed by atoms with Crippen LogP contribution in [0, 0.1) is 15.9 Å². The van der Waals surface area contributed by atoms with Gasteiger partial charge in [0.25, 0.3) is 5.69 Å². The van der Waals surface area contributed by atoms with E-state index in [1.54, 1.807) is 17.1 Å². The van der Waals surface area contributed by atoms with Crippen molar-refractivity contribution in [3.05, 3.63) is 57.7 Å². The second-order valence-electron chi connectivity index (χ2n) is 4.42. The van der Waals surface area contributed by atoms with Crippen molar-refractivity contribution in [2.45, 2.75) is 25.3 Å². The van der Waals surface area contributed by atoms with Crippen molar-refractivity contribution in [1.82, 2.24) is 9.78 Å². The van der Waals surface area contributed by atoms with Crippen LogP contribution in [0.15, 0.2) is 30.6 Å². The molecule has 0 amide bonds. The molecule has 0 N–H and O–H groups in total. The normalized spacial score (nSPS) is 12.3. The summed E-state index contributed by atoms with van der Waals surface area (Å²) in [6.07, 6.45) is 4.19. The van der Waals surface area contributed by atoms with E-state index in [2.05, 4.69) is 5.10 Å². The van der Waals surface area contributed by atoms with Crippen LogP contribution in [0.25, 0.3) is 0 Å². The first-order valence-corrected chi connectivity index (χ1v) is 6.53. The van der Waals surface area contributed by atoms with E-state index >= 15 is 0 Å². The number of rotatable bonds is 5. The Bertz CT molecular complexity index is 630. The fourth-order valence-electron chi connectivity index (χ4n) is 1.88. The molecule has 1 aromatic heterocycles. The van der Waals surface area contributed by atoms with Gasteiger partial charge in [-0.1, -0.05) is 6.92 Å². The molecule has 1 atom stereocenters. The summed E-state index contributed by atoms with van der Waals surface area (Å²) >= 11 is 6.10. The largest absolute Gasteiger partial charge is 0.272 e. The van der Waals surface area contributed by atoms with E-state index in [0.717, 1.165) is 18.1 Å². The highest BCUT2D eigenvalue weighted by molar-refractivity contribution is 6.20. The molecule has 2 aromatic rings. The van der Waals surface area contributed by atoms with Gasteiger partial charge in [0.15, 0.2) is 0 Å². The molecule has 5 nitrogen and oxygen atoms in total. The lowest BCUT2D eigenvalue weighted by Crippen LogP contribution is -2.01. The number of nitro groups is 1. The number of alkyl halides is 1. The number of aromatic nitrogens is 2. The van der Waals surface area contributed by atoms with Crippen molar-refractivity contribution >= 4 is 17.3 Å². The molecule has 0 aliphatic rings. The Labute approximate surface area is 120 Å². The van der Waals surface area contributed by atoms with E-state index in [1.165, 1.54) is 12.1 Å². The molecule has 1 aromatic carbocycles. The van der Waals surface area contributed by atoms with Gasteiger partial charge in [0.1, 0.15) is 5.82 Å². The molecule has 1 heterocycles. The van der Waals surface area contributed by atoms with Gasteiger partial charge in [0.05, 0.1) is 29.1 Å². The first-order chi connectivity index (χ1) is 9.49. The predicted octanol–water partition coefficient (Wildman–Crippen LogP) is 3.67. The zero-order valence-corrected chi connectivity index (χ0v) is 11.5. The quantitative estimate of drug-likeness (QED) is 0.480. The SMILES string of the molecule is CCC(Cl)c1cnn(Cc2cc(F)cc([N+](=O)[O-])c2)c1. The number of non-ortho nitro benzene ring substituents is 1. The topological polar surface area (TPSA) is 61.0 Å². The summed E-state index contributed by atoms with van der Waals surface area (Å²) in [5.41, 5.74) is 1.09. The number of halogens is 2. The zero-order chi connectivity index (χ0) is 14.7. The lowest BCUT2D eigenvalue weighted by molar-refractivity contribution is -0.385. The van der Waals surface area contributed by atoms with Crippen molar-refractivity contribution in [2.24, 2.45) is 0 Å². The van der Waals surface area contributed by atoms with Crippen molar-refractivity contribution in [3.8, 4) is 0 Å². The molecule has 2 rings (SSSR count). The summed E-state index contributed by atoms with van der Waals surface area (Å²) in [4.78, 5) is 10.1. The number of hydrogen-bond donors (Lipinski definition) is 0. The molecule has 20 heavy (non-hydrogen) atoms. The number of hydrogen-bond acceptors (Lipinski definition) is 3. The molecule has 0 spiro atoms. The van der Waals surface area contributed by atoms with Gasteiger partial charge in [-0.25, -0.2) is 4.39 Å². The summed E-state index contributed by atoms with van der Waals surface area (Å²) in [6, 6.07) is 3.48. The fourth-order valence-corrected chi connectivity index (χ4v) is 1.99. The van der Waals surface area contributed by atoms with Gasteiger partial charge in [-0.3, -0.25) is 14.8 Å². The molecule has 0 fully saturated rings. The summed E-state index contributed by atoms with van der Waals surface area (Å²) in [5, 5.41) is 14.7. The third-order valence-corrected chi connectivity index (χ3v) is 3.43. The van der Waals surface area contributed by atoms with E-state index in [1.807, 2.05) is 6.92 Å². The maximum Gasteiger partial charge on any atom is 0.272 e. The average Bonchev–Trinajstić information content (AvgIpc) is 2.85. The third kappa shape index (κ3) is 3.33. The van der Waals surface area contributed by atoms with Gasteiger partial charge in [-0.05, 0) is 18.1 Å². The molecule has 0 aliphatic heterocycles. The summed E-state index contributed by atoms with van der Waals surface area (Å²) in [5.74, 6) is -0.634. The predicted molar refractivity (Wildman–Crippen MR) is 73.3 cm³/mol. The van der Waals surface area contributed by atoms with Crippen LogP contribution in [-0.2, 0) is 6.54 Å². The Kier molecular flexibility index (Phi) is 4.34. The maximum atomic E-state index is 13.3. The van der Waals surface area contributed by atoms with Gasteiger partial charge in [0.2, 0.25) is 0 Å². The van der Waals surface area contributed by atoms with Crippen molar-refractivity contribution < 1.29 is 9.31 Å². The Morgan fingerprint density at radius 2 is 2.25 bits per heavy atom. The van der Waals surface area contributed by atoms with Gasteiger partial charge in [-0.2, -0.15) is 5.10 Å². The van der Waals surface area contributed by atoms with Crippen LogP contribution in [0.5, 0.6) is 0 Å². The third-order valence-electron chi connectivity index (χ3n) is 2.87. The van der Waals surface area contributed by atoms with E-state index < -0.39 is 10.7 Å². The molecule has 7 heteroatoms.